The minimum absolute atomic E-state index is 0.00785. The van der Waals surface area contributed by atoms with Gasteiger partial charge in [-0.3, -0.25) is 4.79 Å². The number of ether oxygens (including phenoxy) is 1. The molecule has 0 saturated heterocycles. The normalized spacial score (nSPS) is 11.9. The summed E-state index contributed by atoms with van der Waals surface area (Å²) in [5.41, 5.74) is -2.33. The van der Waals surface area contributed by atoms with Gasteiger partial charge < -0.3 is 9.72 Å². The van der Waals surface area contributed by atoms with Crippen molar-refractivity contribution in [2.45, 2.75) is 13.1 Å². The number of fused-ring (bicyclic) bond motifs is 1. The van der Waals surface area contributed by atoms with Crippen LogP contribution in [0.25, 0.3) is 10.9 Å². The molecule has 0 aliphatic rings. The second-order valence-corrected chi connectivity index (χ2v) is 4.36. The van der Waals surface area contributed by atoms with Gasteiger partial charge in [-0.25, -0.2) is 0 Å². The number of rotatable bonds is 1. The van der Waals surface area contributed by atoms with Gasteiger partial charge in [-0.15, -0.1) is 0 Å². The quantitative estimate of drug-likeness (QED) is 0.873. The first kappa shape index (κ1) is 13.7. The topological polar surface area (TPSA) is 42.1 Å². The Balaban J connectivity index is 3.01. The highest BCUT2D eigenvalue weighted by Gasteiger charge is 2.35. The zero-order chi connectivity index (χ0) is 14.4. The summed E-state index contributed by atoms with van der Waals surface area (Å²) in [6.45, 7) is 1.11. The molecule has 2 rings (SSSR count). The zero-order valence-electron chi connectivity index (χ0n) is 9.98. The Hall–Kier alpha value is -1.69. The zero-order valence-corrected chi connectivity index (χ0v) is 10.7. The van der Waals surface area contributed by atoms with E-state index in [1.165, 1.54) is 19.2 Å². The van der Waals surface area contributed by atoms with Gasteiger partial charge in [-0.1, -0.05) is 11.6 Å². The van der Waals surface area contributed by atoms with Crippen molar-refractivity contribution in [1.29, 1.82) is 0 Å². The van der Waals surface area contributed by atoms with Crippen molar-refractivity contribution in [1.82, 2.24) is 4.98 Å². The predicted octanol–water partition coefficient (Wildman–Crippen LogP) is 3.52. The van der Waals surface area contributed by atoms with Crippen molar-refractivity contribution >= 4 is 22.5 Å². The smallest absolute Gasteiger partial charge is 0.431 e. The number of aromatic nitrogens is 1. The van der Waals surface area contributed by atoms with Crippen molar-refractivity contribution in [3.63, 3.8) is 0 Å². The second-order valence-electron chi connectivity index (χ2n) is 3.95. The van der Waals surface area contributed by atoms with Crippen LogP contribution in [-0.2, 0) is 6.18 Å². The highest BCUT2D eigenvalue weighted by atomic mass is 35.5. The molecular formula is C12H9ClF3NO2. The van der Waals surface area contributed by atoms with Gasteiger partial charge in [-0.2, -0.15) is 13.2 Å². The number of halogens is 4. The summed E-state index contributed by atoms with van der Waals surface area (Å²) in [5.74, 6) is 0.127. The van der Waals surface area contributed by atoms with Crippen LogP contribution in [0.1, 0.15) is 11.3 Å². The molecule has 102 valence electrons. The second kappa shape index (κ2) is 4.45. The molecule has 0 amide bonds. The first-order valence-corrected chi connectivity index (χ1v) is 5.61. The lowest BCUT2D eigenvalue weighted by molar-refractivity contribution is -0.141. The van der Waals surface area contributed by atoms with Crippen molar-refractivity contribution in [2.75, 3.05) is 7.11 Å². The van der Waals surface area contributed by atoms with Crippen LogP contribution in [0.4, 0.5) is 13.2 Å². The number of H-pyrrole nitrogens is 1. The van der Waals surface area contributed by atoms with Crippen LogP contribution in [-0.4, -0.2) is 12.1 Å². The fourth-order valence-corrected chi connectivity index (χ4v) is 2.12. The number of pyridine rings is 1. The van der Waals surface area contributed by atoms with Crippen LogP contribution in [0.5, 0.6) is 5.75 Å². The Labute approximate surface area is 111 Å². The van der Waals surface area contributed by atoms with Gasteiger partial charge >= 0.3 is 6.18 Å². The molecule has 2 aromatic rings. The Morgan fingerprint density at radius 1 is 1.32 bits per heavy atom. The molecule has 0 saturated carbocycles. The molecule has 0 spiro atoms. The average Bonchev–Trinajstić information content (AvgIpc) is 2.32. The van der Waals surface area contributed by atoms with E-state index in [0.717, 1.165) is 6.92 Å². The molecule has 0 bridgehead atoms. The third kappa shape index (κ3) is 2.16. The van der Waals surface area contributed by atoms with Gasteiger partial charge in [0.25, 0.3) is 0 Å². The van der Waals surface area contributed by atoms with E-state index in [4.69, 9.17) is 16.3 Å². The summed E-state index contributed by atoms with van der Waals surface area (Å²) in [4.78, 5) is 14.2. The number of methoxy groups -OCH3 is 1. The Morgan fingerprint density at radius 3 is 2.47 bits per heavy atom. The summed E-state index contributed by atoms with van der Waals surface area (Å²) in [5, 5.41) is 0.0698. The van der Waals surface area contributed by atoms with E-state index in [0.29, 0.717) is 0 Å². The van der Waals surface area contributed by atoms with Crippen LogP contribution in [0.3, 0.4) is 0 Å². The standard InChI is InChI=1S/C12H9ClF3NO2/c1-5-10(18)8-6(13)3-4-7(19-2)9(8)17-11(5)12(14,15)16/h3-4H,1-2H3,(H,17,18). The molecule has 0 fully saturated rings. The molecule has 0 unspecified atom stereocenters. The molecule has 7 heteroatoms. The molecule has 0 aliphatic heterocycles. The number of alkyl halides is 3. The van der Waals surface area contributed by atoms with Crippen LogP contribution in [0, 0.1) is 6.92 Å². The molecule has 0 atom stereocenters. The maximum atomic E-state index is 12.8. The van der Waals surface area contributed by atoms with Gasteiger partial charge in [-0.05, 0) is 19.1 Å². The minimum atomic E-state index is -4.65. The number of nitrogens with one attached hydrogen (secondary N) is 1. The number of benzene rings is 1. The molecule has 3 nitrogen and oxygen atoms in total. The summed E-state index contributed by atoms with van der Waals surface area (Å²) in [6, 6.07) is 2.81. The first-order valence-electron chi connectivity index (χ1n) is 5.23. The molecular weight excluding hydrogens is 283 g/mol. The van der Waals surface area contributed by atoms with E-state index in [9.17, 15) is 18.0 Å². The molecule has 1 aromatic heterocycles. The lowest BCUT2D eigenvalue weighted by Crippen LogP contribution is -2.19. The van der Waals surface area contributed by atoms with Crippen molar-refractivity contribution < 1.29 is 17.9 Å². The monoisotopic (exact) mass is 291 g/mol. The number of aromatic amines is 1. The van der Waals surface area contributed by atoms with E-state index in [1.807, 2.05) is 0 Å². The Bertz CT molecular complexity index is 707. The van der Waals surface area contributed by atoms with E-state index in [2.05, 4.69) is 4.98 Å². The van der Waals surface area contributed by atoms with Crippen molar-refractivity contribution in [3.05, 3.63) is 38.6 Å². The summed E-state index contributed by atoms with van der Waals surface area (Å²) < 4.78 is 43.5. The predicted molar refractivity (Wildman–Crippen MR) is 65.9 cm³/mol. The summed E-state index contributed by atoms with van der Waals surface area (Å²) in [6.07, 6.45) is -4.65. The van der Waals surface area contributed by atoms with Crippen LogP contribution in [0.15, 0.2) is 16.9 Å². The lowest BCUT2D eigenvalue weighted by atomic mass is 10.1. The molecule has 1 N–H and O–H groups in total. The average molecular weight is 292 g/mol. The fourth-order valence-electron chi connectivity index (χ4n) is 1.88. The third-order valence-corrected chi connectivity index (χ3v) is 3.13. The third-order valence-electron chi connectivity index (χ3n) is 2.81. The Kier molecular flexibility index (Phi) is 3.22. The molecule has 1 aromatic carbocycles. The van der Waals surface area contributed by atoms with Gasteiger partial charge in [0.1, 0.15) is 11.4 Å². The number of hydrogen-bond acceptors (Lipinski definition) is 2. The molecule has 0 radical (unpaired) electrons. The van der Waals surface area contributed by atoms with Gasteiger partial charge in [0.2, 0.25) is 0 Å². The van der Waals surface area contributed by atoms with Gasteiger partial charge in [0, 0.05) is 5.56 Å². The van der Waals surface area contributed by atoms with E-state index in [-0.39, 0.29) is 21.7 Å². The molecule has 1 heterocycles. The van der Waals surface area contributed by atoms with E-state index < -0.39 is 22.9 Å². The van der Waals surface area contributed by atoms with Crippen LogP contribution in [0.2, 0.25) is 5.02 Å². The van der Waals surface area contributed by atoms with E-state index in [1.54, 1.807) is 0 Å². The highest BCUT2D eigenvalue weighted by Crippen LogP contribution is 2.34. The maximum Gasteiger partial charge on any atom is 0.431 e. The Morgan fingerprint density at radius 2 is 1.95 bits per heavy atom. The van der Waals surface area contributed by atoms with Crippen LogP contribution >= 0.6 is 11.6 Å². The lowest BCUT2D eigenvalue weighted by Gasteiger charge is -2.13. The maximum absolute atomic E-state index is 12.8. The molecule has 0 aliphatic carbocycles. The summed E-state index contributed by atoms with van der Waals surface area (Å²) >= 11 is 5.87. The first-order chi connectivity index (χ1) is 8.77. The van der Waals surface area contributed by atoms with Crippen molar-refractivity contribution in [3.8, 4) is 5.75 Å². The minimum Gasteiger partial charge on any atom is -0.495 e. The van der Waals surface area contributed by atoms with Crippen LogP contribution < -0.4 is 10.2 Å². The SMILES string of the molecule is COc1ccc(Cl)c2c(=O)c(C)c(C(F)(F)F)[nH]c12. The largest absolute Gasteiger partial charge is 0.495 e. The highest BCUT2D eigenvalue weighted by molar-refractivity contribution is 6.35. The number of hydrogen-bond donors (Lipinski definition) is 1. The fraction of sp³-hybridized carbons (Fsp3) is 0.250. The van der Waals surface area contributed by atoms with E-state index >= 15 is 0 Å². The van der Waals surface area contributed by atoms with Gasteiger partial charge in [0.15, 0.2) is 5.43 Å². The summed E-state index contributed by atoms with van der Waals surface area (Å²) in [7, 11) is 1.30. The molecule has 19 heavy (non-hydrogen) atoms. The van der Waals surface area contributed by atoms with Gasteiger partial charge in [0.05, 0.1) is 23.0 Å². The van der Waals surface area contributed by atoms with Crippen molar-refractivity contribution in [2.24, 2.45) is 0 Å².